The van der Waals surface area contributed by atoms with E-state index in [9.17, 15) is 9.59 Å². The molecule has 0 fully saturated rings. The third-order valence-electron chi connectivity index (χ3n) is 5.96. The molecule has 0 aromatic heterocycles. The normalized spacial score (nSPS) is 13.0. The molecular weight excluding hydrogens is 428 g/mol. The van der Waals surface area contributed by atoms with Crippen molar-refractivity contribution >= 4 is 11.8 Å². The third kappa shape index (κ3) is 7.79. The first-order valence-corrected chi connectivity index (χ1v) is 12.0. The number of rotatable bonds is 11. The summed E-state index contributed by atoms with van der Waals surface area (Å²) in [5.41, 5.74) is 2.12. The van der Waals surface area contributed by atoms with Gasteiger partial charge in [0.2, 0.25) is 5.91 Å². The molecule has 1 N–H and O–H groups in total. The smallest absolute Gasteiger partial charge is 0.261 e. The largest absolute Gasteiger partial charge is 0.497 e. The highest BCUT2D eigenvalue weighted by molar-refractivity contribution is 5.88. The monoisotopic (exact) mass is 468 g/mol. The lowest BCUT2D eigenvalue weighted by Crippen LogP contribution is -2.51. The van der Waals surface area contributed by atoms with E-state index < -0.39 is 6.04 Å². The lowest BCUT2D eigenvalue weighted by atomic mass is 9.87. The van der Waals surface area contributed by atoms with Crippen LogP contribution in [-0.2, 0) is 21.5 Å². The van der Waals surface area contributed by atoms with Gasteiger partial charge >= 0.3 is 0 Å². The first-order valence-electron chi connectivity index (χ1n) is 12.0. The van der Waals surface area contributed by atoms with Crippen LogP contribution < -0.4 is 14.8 Å². The molecule has 0 radical (unpaired) electrons. The van der Waals surface area contributed by atoms with E-state index in [2.05, 4.69) is 26.1 Å². The maximum Gasteiger partial charge on any atom is 0.261 e. The Morgan fingerprint density at radius 1 is 1.00 bits per heavy atom. The number of methoxy groups -OCH3 is 1. The molecule has 0 aliphatic heterocycles. The molecular formula is C28H40N2O4. The molecule has 2 amide bonds. The van der Waals surface area contributed by atoms with Gasteiger partial charge in [0.05, 0.1) is 7.11 Å². The van der Waals surface area contributed by atoms with Crippen LogP contribution in [-0.4, -0.2) is 42.5 Å². The predicted octanol–water partition coefficient (Wildman–Crippen LogP) is 5.09. The molecule has 6 heteroatoms. The van der Waals surface area contributed by atoms with E-state index in [1.54, 1.807) is 12.0 Å². The van der Waals surface area contributed by atoms with Gasteiger partial charge in [-0.3, -0.25) is 9.59 Å². The van der Waals surface area contributed by atoms with Gasteiger partial charge in [0.15, 0.2) is 6.61 Å². The third-order valence-corrected chi connectivity index (χ3v) is 5.96. The van der Waals surface area contributed by atoms with Crippen molar-refractivity contribution < 1.29 is 19.1 Å². The van der Waals surface area contributed by atoms with Crippen molar-refractivity contribution in [3.63, 3.8) is 0 Å². The van der Waals surface area contributed by atoms with Gasteiger partial charge in [-0.05, 0) is 60.6 Å². The van der Waals surface area contributed by atoms with Crippen molar-refractivity contribution in [3.8, 4) is 11.5 Å². The summed E-state index contributed by atoms with van der Waals surface area (Å²) in [5.74, 6) is 0.938. The second kappa shape index (κ2) is 12.4. The fraction of sp³-hybridized carbons (Fsp3) is 0.500. The lowest BCUT2D eigenvalue weighted by molar-refractivity contribution is -0.143. The van der Waals surface area contributed by atoms with Gasteiger partial charge in [-0.1, -0.05) is 58.9 Å². The maximum absolute atomic E-state index is 13.4. The average Bonchev–Trinajstić information content (AvgIpc) is 2.82. The number of hydrogen-bond acceptors (Lipinski definition) is 4. The van der Waals surface area contributed by atoms with Gasteiger partial charge in [-0.2, -0.15) is 0 Å². The lowest BCUT2D eigenvalue weighted by Gasteiger charge is -2.31. The first kappa shape index (κ1) is 27.2. The minimum atomic E-state index is -0.598. The Labute approximate surface area is 204 Å². The summed E-state index contributed by atoms with van der Waals surface area (Å²) in [7, 11) is 1.61. The molecule has 2 aromatic carbocycles. The first-order chi connectivity index (χ1) is 16.1. The molecule has 2 rings (SSSR count). The standard InChI is InChI=1S/C28H40N2O4/c1-8-20(3)29-27(32)25(9-2)30(18-21-11-10-12-24(17-21)33-7)26(31)19-34-23-15-13-22(14-16-23)28(4,5)6/h10-17,20,25H,8-9,18-19H2,1-7H3,(H,29,32). The summed E-state index contributed by atoms with van der Waals surface area (Å²) in [6.45, 7) is 12.5. The van der Waals surface area contributed by atoms with Crippen LogP contribution >= 0.6 is 0 Å². The van der Waals surface area contributed by atoms with Crippen LogP contribution in [0.4, 0.5) is 0 Å². The second-order valence-electron chi connectivity index (χ2n) is 9.68. The van der Waals surface area contributed by atoms with E-state index >= 15 is 0 Å². The highest BCUT2D eigenvalue weighted by Crippen LogP contribution is 2.24. The molecule has 34 heavy (non-hydrogen) atoms. The predicted molar refractivity (Wildman–Crippen MR) is 136 cm³/mol. The number of ether oxygens (including phenoxy) is 2. The Balaban J connectivity index is 2.22. The van der Waals surface area contributed by atoms with E-state index in [0.717, 1.165) is 12.0 Å². The maximum atomic E-state index is 13.4. The van der Waals surface area contributed by atoms with Crippen LogP contribution in [0.15, 0.2) is 48.5 Å². The number of nitrogens with one attached hydrogen (secondary N) is 1. The summed E-state index contributed by atoms with van der Waals surface area (Å²) < 4.78 is 11.2. The highest BCUT2D eigenvalue weighted by Gasteiger charge is 2.29. The van der Waals surface area contributed by atoms with Gasteiger partial charge in [0.1, 0.15) is 17.5 Å². The van der Waals surface area contributed by atoms with Crippen LogP contribution in [0.5, 0.6) is 11.5 Å². The average molecular weight is 469 g/mol. The van der Waals surface area contributed by atoms with Crippen molar-refractivity contribution in [2.24, 2.45) is 0 Å². The van der Waals surface area contributed by atoms with Gasteiger partial charge in [0.25, 0.3) is 5.91 Å². The minimum Gasteiger partial charge on any atom is -0.497 e. The Morgan fingerprint density at radius 2 is 1.68 bits per heavy atom. The molecule has 0 aliphatic carbocycles. The molecule has 2 unspecified atom stereocenters. The molecule has 0 heterocycles. The number of carbonyl (C=O) groups excluding carboxylic acids is 2. The van der Waals surface area contributed by atoms with E-state index in [-0.39, 0.29) is 36.4 Å². The number of nitrogens with zero attached hydrogens (tertiary/aromatic N) is 1. The van der Waals surface area contributed by atoms with Crippen LogP contribution in [0.25, 0.3) is 0 Å². The van der Waals surface area contributed by atoms with Gasteiger partial charge < -0.3 is 19.7 Å². The van der Waals surface area contributed by atoms with Gasteiger partial charge in [-0.15, -0.1) is 0 Å². The Kier molecular flexibility index (Phi) is 9.97. The highest BCUT2D eigenvalue weighted by atomic mass is 16.5. The Bertz CT molecular complexity index is 934. The summed E-state index contributed by atoms with van der Waals surface area (Å²) >= 11 is 0. The second-order valence-corrected chi connectivity index (χ2v) is 9.68. The summed E-state index contributed by atoms with van der Waals surface area (Å²) in [6.07, 6.45) is 1.32. The fourth-order valence-corrected chi connectivity index (χ4v) is 3.61. The Morgan fingerprint density at radius 3 is 2.24 bits per heavy atom. The molecule has 0 aliphatic rings. The van der Waals surface area contributed by atoms with Crippen LogP contribution in [0.2, 0.25) is 0 Å². The summed E-state index contributed by atoms with van der Waals surface area (Å²) in [5, 5.41) is 3.02. The van der Waals surface area contributed by atoms with Crippen molar-refractivity contribution in [3.05, 3.63) is 59.7 Å². The van der Waals surface area contributed by atoms with Gasteiger partial charge in [-0.25, -0.2) is 0 Å². The van der Waals surface area contributed by atoms with Crippen LogP contribution in [0.3, 0.4) is 0 Å². The zero-order valence-electron chi connectivity index (χ0n) is 21.7. The minimum absolute atomic E-state index is 0.0351. The van der Waals surface area contributed by atoms with E-state index in [4.69, 9.17) is 9.47 Å². The topological polar surface area (TPSA) is 67.9 Å². The molecule has 186 valence electrons. The van der Waals surface area contributed by atoms with Crippen molar-refractivity contribution in [1.29, 1.82) is 0 Å². The van der Waals surface area contributed by atoms with Crippen molar-refractivity contribution in [1.82, 2.24) is 10.2 Å². The zero-order chi connectivity index (χ0) is 25.3. The van der Waals surface area contributed by atoms with Crippen molar-refractivity contribution in [2.45, 2.75) is 78.4 Å². The van der Waals surface area contributed by atoms with Crippen molar-refractivity contribution in [2.75, 3.05) is 13.7 Å². The molecule has 6 nitrogen and oxygen atoms in total. The van der Waals surface area contributed by atoms with E-state index in [1.807, 2.05) is 69.3 Å². The fourth-order valence-electron chi connectivity index (χ4n) is 3.61. The van der Waals surface area contributed by atoms with E-state index in [0.29, 0.717) is 17.9 Å². The molecule has 0 bridgehead atoms. The molecule has 0 spiro atoms. The molecule has 2 aromatic rings. The Hall–Kier alpha value is -3.02. The number of hydrogen-bond donors (Lipinski definition) is 1. The van der Waals surface area contributed by atoms with Crippen LogP contribution in [0.1, 0.15) is 65.5 Å². The molecule has 0 saturated heterocycles. The number of benzene rings is 2. The van der Waals surface area contributed by atoms with Crippen LogP contribution in [0, 0.1) is 0 Å². The molecule has 2 atom stereocenters. The zero-order valence-corrected chi connectivity index (χ0v) is 21.7. The SMILES string of the molecule is CCC(C)NC(=O)C(CC)N(Cc1cccc(OC)c1)C(=O)COc1ccc(C(C)(C)C)cc1. The van der Waals surface area contributed by atoms with Gasteiger partial charge in [0, 0.05) is 12.6 Å². The summed E-state index contributed by atoms with van der Waals surface area (Å²) in [6, 6.07) is 14.8. The summed E-state index contributed by atoms with van der Waals surface area (Å²) in [4.78, 5) is 28.0. The number of carbonyl (C=O) groups is 2. The quantitative estimate of drug-likeness (QED) is 0.499. The number of amides is 2. The van der Waals surface area contributed by atoms with E-state index in [1.165, 1.54) is 5.56 Å². The molecule has 0 saturated carbocycles.